The number of hydrogen-bond donors (Lipinski definition) is 1. The number of nitrogens with one attached hydrogen (secondary N) is 1. The molecule has 0 radical (unpaired) electrons. The highest BCUT2D eigenvalue weighted by atomic mass is 79.9. The van der Waals surface area contributed by atoms with Gasteiger partial charge in [0.1, 0.15) is 12.6 Å². The zero-order chi connectivity index (χ0) is 28.7. The Morgan fingerprint density at radius 1 is 0.949 bits per heavy atom. The van der Waals surface area contributed by atoms with Crippen molar-refractivity contribution in [2.75, 3.05) is 10.8 Å². The Hall–Kier alpha value is -2.59. The average Bonchev–Trinajstić information content (AvgIpc) is 2.89. The third-order valence-electron chi connectivity index (χ3n) is 5.86. The summed E-state index contributed by atoms with van der Waals surface area (Å²) in [5, 5.41) is 3.53. The molecule has 3 aromatic rings. The number of rotatable bonds is 11. The van der Waals surface area contributed by atoms with Crippen molar-refractivity contribution in [1.29, 1.82) is 0 Å². The first-order valence-corrected chi connectivity index (χ1v) is 15.3. The number of carbonyl (C=O) groups is 2. The second-order valence-electron chi connectivity index (χ2n) is 9.16. The topological polar surface area (TPSA) is 86.8 Å². The largest absolute Gasteiger partial charge is 0.352 e. The van der Waals surface area contributed by atoms with E-state index in [1.807, 2.05) is 13.8 Å². The molecule has 2 amide bonds. The maximum absolute atomic E-state index is 14.0. The number of nitrogens with zero attached hydrogens (tertiary/aromatic N) is 2. The molecular formula is C28H30BrCl2N3O4S. The fourth-order valence-electron chi connectivity index (χ4n) is 4.01. The minimum absolute atomic E-state index is 0.0253. The van der Waals surface area contributed by atoms with E-state index in [2.05, 4.69) is 21.2 Å². The molecule has 0 aliphatic carbocycles. The molecule has 0 saturated carbocycles. The molecule has 0 aliphatic heterocycles. The Morgan fingerprint density at radius 2 is 1.64 bits per heavy atom. The van der Waals surface area contributed by atoms with Crippen molar-refractivity contribution >= 4 is 66.7 Å². The van der Waals surface area contributed by atoms with Gasteiger partial charge in [-0.3, -0.25) is 13.9 Å². The molecule has 1 N–H and O–H groups in total. The molecule has 1 atom stereocenters. The van der Waals surface area contributed by atoms with Crippen LogP contribution >= 0.6 is 39.1 Å². The predicted molar refractivity (Wildman–Crippen MR) is 159 cm³/mol. The number of halogens is 3. The summed E-state index contributed by atoms with van der Waals surface area (Å²) in [6.07, 6.45) is 0.313. The van der Waals surface area contributed by atoms with Gasteiger partial charge in [-0.1, -0.05) is 76.4 Å². The van der Waals surface area contributed by atoms with E-state index in [0.29, 0.717) is 32.2 Å². The Labute approximate surface area is 248 Å². The van der Waals surface area contributed by atoms with Gasteiger partial charge in [0.2, 0.25) is 11.8 Å². The molecule has 0 saturated heterocycles. The van der Waals surface area contributed by atoms with E-state index in [4.69, 9.17) is 23.2 Å². The van der Waals surface area contributed by atoms with Crippen LogP contribution in [0.4, 0.5) is 5.69 Å². The van der Waals surface area contributed by atoms with Gasteiger partial charge in [-0.15, -0.1) is 0 Å². The van der Waals surface area contributed by atoms with E-state index < -0.39 is 28.5 Å². The lowest BCUT2D eigenvalue weighted by molar-refractivity contribution is -0.140. The number of benzene rings is 3. The molecule has 0 bridgehead atoms. The third-order valence-corrected chi connectivity index (χ3v) is 8.88. The number of amides is 2. The summed E-state index contributed by atoms with van der Waals surface area (Å²) < 4.78 is 29.3. The van der Waals surface area contributed by atoms with Gasteiger partial charge in [0, 0.05) is 17.1 Å². The van der Waals surface area contributed by atoms with Gasteiger partial charge in [0.15, 0.2) is 0 Å². The van der Waals surface area contributed by atoms with Crippen molar-refractivity contribution in [3.8, 4) is 0 Å². The maximum Gasteiger partial charge on any atom is 0.264 e. The van der Waals surface area contributed by atoms with Gasteiger partial charge >= 0.3 is 0 Å². The van der Waals surface area contributed by atoms with E-state index in [1.165, 1.54) is 17.0 Å². The lowest BCUT2D eigenvalue weighted by Crippen LogP contribution is -2.53. The zero-order valence-electron chi connectivity index (χ0n) is 21.8. The Balaban J connectivity index is 2.07. The normalized spacial score (nSPS) is 12.2. The van der Waals surface area contributed by atoms with E-state index >= 15 is 0 Å². The highest BCUT2D eigenvalue weighted by Gasteiger charge is 2.34. The average molecular weight is 655 g/mol. The zero-order valence-corrected chi connectivity index (χ0v) is 25.7. The standard InChI is InChI=1S/C28H30BrCl2N3O4S/c1-4-26(28(36)32-19(2)3)33(17-20-13-14-24(30)25(31)15-20)27(35)18-34(22-10-8-9-21(29)16-22)39(37,38)23-11-6-5-7-12-23/h5-16,19,26H,4,17-18H2,1-3H3,(H,32,36). The minimum atomic E-state index is -4.13. The Kier molecular flexibility index (Phi) is 10.8. The highest BCUT2D eigenvalue weighted by molar-refractivity contribution is 9.10. The van der Waals surface area contributed by atoms with Crippen LogP contribution in [0.2, 0.25) is 10.0 Å². The van der Waals surface area contributed by atoms with Crippen LogP contribution in [0.1, 0.15) is 32.8 Å². The van der Waals surface area contributed by atoms with Crippen LogP contribution in [0.25, 0.3) is 0 Å². The molecule has 7 nitrogen and oxygen atoms in total. The van der Waals surface area contributed by atoms with Crippen LogP contribution in [0, 0.1) is 0 Å². The molecule has 0 spiro atoms. The summed E-state index contributed by atoms with van der Waals surface area (Å²) in [5.41, 5.74) is 0.948. The van der Waals surface area contributed by atoms with E-state index in [9.17, 15) is 18.0 Å². The van der Waals surface area contributed by atoms with Gasteiger partial charge in [0.25, 0.3) is 10.0 Å². The van der Waals surface area contributed by atoms with Crippen molar-refractivity contribution < 1.29 is 18.0 Å². The fourth-order valence-corrected chi connectivity index (χ4v) is 6.15. The van der Waals surface area contributed by atoms with E-state index in [1.54, 1.807) is 67.6 Å². The summed E-state index contributed by atoms with van der Waals surface area (Å²) in [7, 11) is -4.13. The van der Waals surface area contributed by atoms with Gasteiger partial charge in [-0.25, -0.2) is 8.42 Å². The summed E-state index contributed by atoms with van der Waals surface area (Å²) in [6.45, 7) is 4.96. The number of sulfonamides is 1. The lowest BCUT2D eigenvalue weighted by Gasteiger charge is -2.33. The molecule has 208 valence electrons. The first-order chi connectivity index (χ1) is 18.4. The van der Waals surface area contributed by atoms with E-state index in [-0.39, 0.29) is 23.4 Å². The smallest absolute Gasteiger partial charge is 0.264 e. The molecule has 3 rings (SSSR count). The molecular weight excluding hydrogens is 625 g/mol. The fraction of sp³-hybridized carbons (Fsp3) is 0.286. The molecule has 3 aromatic carbocycles. The predicted octanol–water partition coefficient (Wildman–Crippen LogP) is 6.28. The van der Waals surface area contributed by atoms with Crippen molar-refractivity contribution in [3.05, 3.63) is 92.9 Å². The quantitative estimate of drug-likeness (QED) is 0.264. The second kappa shape index (κ2) is 13.7. The second-order valence-corrected chi connectivity index (χ2v) is 12.8. The number of anilines is 1. The van der Waals surface area contributed by atoms with Crippen LogP contribution in [-0.2, 0) is 26.2 Å². The summed E-state index contributed by atoms with van der Waals surface area (Å²) in [6, 6.07) is 18.6. The van der Waals surface area contributed by atoms with Gasteiger partial charge in [-0.05, 0) is 68.3 Å². The van der Waals surface area contributed by atoms with Gasteiger partial charge < -0.3 is 10.2 Å². The minimum Gasteiger partial charge on any atom is -0.352 e. The summed E-state index contributed by atoms with van der Waals surface area (Å²) in [5.74, 6) is -0.882. The van der Waals surface area contributed by atoms with Crippen LogP contribution in [0.5, 0.6) is 0 Å². The van der Waals surface area contributed by atoms with Crippen LogP contribution < -0.4 is 9.62 Å². The van der Waals surface area contributed by atoms with Crippen LogP contribution in [0.3, 0.4) is 0 Å². The summed E-state index contributed by atoms with van der Waals surface area (Å²) in [4.78, 5) is 28.6. The first-order valence-electron chi connectivity index (χ1n) is 12.3. The number of hydrogen-bond acceptors (Lipinski definition) is 4. The number of carbonyl (C=O) groups excluding carboxylic acids is 2. The lowest BCUT2D eigenvalue weighted by atomic mass is 10.1. The molecule has 0 heterocycles. The molecule has 0 aromatic heterocycles. The SMILES string of the molecule is CCC(C(=O)NC(C)C)N(Cc1ccc(Cl)c(Cl)c1)C(=O)CN(c1cccc(Br)c1)S(=O)(=O)c1ccccc1. The summed E-state index contributed by atoms with van der Waals surface area (Å²) >= 11 is 15.7. The maximum atomic E-state index is 14.0. The van der Waals surface area contributed by atoms with Gasteiger partial charge in [0.05, 0.1) is 20.6 Å². The first kappa shape index (κ1) is 30.9. The monoisotopic (exact) mass is 653 g/mol. The molecule has 11 heteroatoms. The molecule has 0 aliphatic rings. The van der Waals surface area contributed by atoms with Crippen molar-refractivity contribution in [2.45, 2.75) is 50.7 Å². The highest BCUT2D eigenvalue weighted by Crippen LogP contribution is 2.28. The van der Waals surface area contributed by atoms with Crippen molar-refractivity contribution in [3.63, 3.8) is 0 Å². The third kappa shape index (κ3) is 7.97. The van der Waals surface area contributed by atoms with Crippen molar-refractivity contribution in [1.82, 2.24) is 10.2 Å². The Morgan fingerprint density at radius 3 is 2.23 bits per heavy atom. The van der Waals surface area contributed by atoms with Crippen LogP contribution in [0.15, 0.2) is 82.2 Å². The van der Waals surface area contributed by atoms with Crippen LogP contribution in [-0.4, -0.2) is 43.8 Å². The molecule has 39 heavy (non-hydrogen) atoms. The van der Waals surface area contributed by atoms with Crippen molar-refractivity contribution in [2.24, 2.45) is 0 Å². The van der Waals surface area contributed by atoms with Gasteiger partial charge in [-0.2, -0.15) is 0 Å². The van der Waals surface area contributed by atoms with E-state index in [0.717, 1.165) is 4.31 Å². The molecule has 1 unspecified atom stereocenters. The molecule has 0 fully saturated rings. The Bertz CT molecular complexity index is 1420.